The molecular weight excluding hydrogens is 226 g/mol. The summed E-state index contributed by atoms with van der Waals surface area (Å²) < 4.78 is 5.22. The van der Waals surface area contributed by atoms with Crippen molar-refractivity contribution in [2.24, 2.45) is 0 Å². The van der Waals surface area contributed by atoms with Crippen molar-refractivity contribution in [2.45, 2.75) is 39.2 Å². The predicted octanol–water partition coefficient (Wildman–Crippen LogP) is 2.98. The van der Waals surface area contributed by atoms with Gasteiger partial charge in [-0.2, -0.15) is 0 Å². The van der Waals surface area contributed by atoms with E-state index in [1.165, 1.54) is 0 Å². The Hall–Kier alpha value is -0.960. The molecule has 0 saturated carbocycles. The van der Waals surface area contributed by atoms with E-state index < -0.39 is 0 Å². The minimum absolute atomic E-state index is 0.0623. The number of alkyl halides is 1. The monoisotopic (exact) mass is 243 g/mol. The number of furan rings is 1. The van der Waals surface area contributed by atoms with Crippen LogP contribution in [0.2, 0.25) is 0 Å². The fraction of sp³-hybridized carbons (Fsp3) is 0.583. The molecule has 16 heavy (non-hydrogen) atoms. The maximum atomic E-state index is 11.9. The smallest absolute Gasteiger partial charge is 0.255 e. The molecule has 1 rings (SSSR count). The fourth-order valence-electron chi connectivity index (χ4n) is 1.57. The lowest BCUT2D eigenvalue weighted by atomic mass is 10.1. The van der Waals surface area contributed by atoms with Crippen molar-refractivity contribution in [3.05, 3.63) is 23.7 Å². The molecule has 0 spiro atoms. The summed E-state index contributed by atoms with van der Waals surface area (Å²) in [5.74, 6) is 1.31. The first-order valence-corrected chi connectivity index (χ1v) is 6.15. The van der Waals surface area contributed by atoms with Crippen molar-refractivity contribution in [1.29, 1.82) is 0 Å². The van der Waals surface area contributed by atoms with Crippen molar-refractivity contribution in [3.63, 3.8) is 0 Å². The lowest BCUT2D eigenvalue weighted by Crippen LogP contribution is -2.32. The first kappa shape index (κ1) is 13.1. The molecule has 0 aromatic carbocycles. The Balaban J connectivity index is 2.52. The van der Waals surface area contributed by atoms with Crippen LogP contribution in [0.1, 0.15) is 42.8 Å². The van der Waals surface area contributed by atoms with Crippen LogP contribution < -0.4 is 5.32 Å². The van der Waals surface area contributed by atoms with E-state index in [0.29, 0.717) is 11.4 Å². The zero-order valence-corrected chi connectivity index (χ0v) is 10.5. The van der Waals surface area contributed by atoms with E-state index in [-0.39, 0.29) is 11.9 Å². The van der Waals surface area contributed by atoms with Gasteiger partial charge in [-0.25, -0.2) is 0 Å². The molecule has 1 aromatic rings. The number of carbonyl (C=O) groups is 1. The summed E-state index contributed by atoms with van der Waals surface area (Å²) >= 11 is 5.60. The number of hydrogen-bond donors (Lipinski definition) is 1. The maximum Gasteiger partial charge on any atom is 0.255 e. The molecule has 0 saturated heterocycles. The Bertz CT molecular complexity index is 336. The van der Waals surface area contributed by atoms with Gasteiger partial charge in [0.15, 0.2) is 0 Å². The highest BCUT2D eigenvalue weighted by Crippen LogP contribution is 2.11. The summed E-state index contributed by atoms with van der Waals surface area (Å²) in [4.78, 5) is 11.9. The first-order chi connectivity index (χ1) is 7.69. The fourth-order valence-corrected chi connectivity index (χ4v) is 1.73. The van der Waals surface area contributed by atoms with Gasteiger partial charge in [0.05, 0.1) is 11.8 Å². The predicted molar refractivity (Wildman–Crippen MR) is 65.0 cm³/mol. The number of rotatable bonds is 6. The molecule has 0 fully saturated rings. The Morgan fingerprint density at radius 1 is 1.62 bits per heavy atom. The maximum absolute atomic E-state index is 11.9. The highest BCUT2D eigenvalue weighted by molar-refractivity contribution is 6.17. The molecule has 4 heteroatoms. The Labute approximate surface area is 101 Å². The molecule has 1 unspecified atom stereocenters. The molecule has 1 aromatic heterocycles. The Kier molecular flexibility index (Phi) is 5.39. The van der Waals surface area contributed by atoms with Crippen LogP contribution >= 0.6 is 11.6 Å². The van der Waals surface area contributed by atoms with Crippen LogP contribution in [0.15, 0.2) is 16.7 Å². The average molecular weight is 244 g/mol. The van der Waals surface area contributed by atoms with Gasteiger partial charge >= 0.3 is 0 Å². The van der Waals surface area contributed by atoms with Gasteiger partial charge in [-0.05, 0) is 25.8 Å². The van der Waals surface area contributed by atoms with Crippen LogP contribution in [0.4, 0.5) is 0 Å². The molecule has 0 aliphatic heterocycles. The highest BCUT2D eigenvalue weighted by Gasteiger charge is 2.14. The molecule has 0 radical (unpaired) electrons. The summed E-state index contributed by atoms with van der Waals surface area (Å²) in [5, 5.41) is 2.93. The van der Waals surface area contributed by atoms with E-state index in [1.807, 2.05) is 13.8 Å². The van der Waals surface area contributed by atoms with Crippen LogP contribution in [-0.4, -0.2) is 17.8 Å². The summed E-state index contributed by atoms with van der Waals surface area (Å²) in [7, 11) is 0. The SMILES string of the molecule is CCc1occc1C(=O)NC(C)CCCCl. The third-order valence-corrected chi connectivity index (χ3v) is 2.73. The second kappa shape index (κ2) is 6.59. The largest absolute Gasteiger partial charge is 0.469 e. The number of aryl methyl sites for hydroxylation is 1. The number of amides is 1. The van der Waals surface area contributed by atoms with Gasteiger partial charge in [-0.15, -0.1) is 11.6 Å². The number of nitrogens with one attached hydrogen (secondary N) is 1. The lowest BCUT2D eigenvalue weighted by molar-refractivity contribution is 0.0936. The van der Waals surface area contributed by atoms with E-state index in [9.17, 15) is 4.79 Å². The first-order valence-electron chi connectivity index (χ1n) is 5.62. The quantitative estimate of drug-likeness (QED) is 0.781. The third kappa shape index (κ3) is 3.56. The number of carbonyl (C=O) groups excluding carboxylic acids is 1. The molecule has 1 heterocycles. The zero-order valence-electron chi connectivity index (χ0n) is 9.75. The normalized spacial score (nSPS) is 12.4. The van der Waals surface area contributed by atoms with Crippen molar-refractivity contribution >= 4 is 17.5 Å². The standard InChI is InChI=1S/C12H18ClNO2/c1-3-11-10(6-8-16-11)12(15)14-9(2)5-4-7-13/h6,8-9H,3-5,7H2,1-2H3,(H,14,15). The second-order valence-electron chi connectivity index (χ2n) is 3.82. The molecule has 1 N–H and O–H groups in total. The van der Waals surface area contributed by atoms with Crippen molar-refractivity contribution < 1.29 is 9.21 Å². The molecule has 0 bridgehead atoms. The molecular formula is C12H18ClNO2. The minimum atomic E-state index is -0.0623. The number of halogens is 1. The second-order valence-corrected chi connectivity index (χ2v) is 4.19. The zero-order chi connectivity index (χ0) is 12.0. The van der Waals surface area contributed by atoms with Crippen LogP contribution in [0.5, 0.6) is 0 Å². The highest BCUT2D eigenvalue weighted by atomic mass is 35.5. The molecule has 1 amide bonds. The summed E-state index contributed by atoms with van der Waals surface area (Å²) in [6, 6.07) is 1.86. The summed E-state index contributed by atoms with van der Waals surface area (Å²) in [6.45, 7) is 3.95. The van der Waals surface area contributed by atoms with Gasteiger partial charge in [0.1, 0.15) is 5.76 Å². The van der Waals surface area contributed by atoms with Gasteiger partial charge in [-0.3, -0.25) is 4.79 Å². The number of hydrogen-bond acceptors (Lipinski definition) is 2. The van der Waals surface area contributed by atoms with Gasteiger partial charge in [0, 0.05) is 18.3 Å². The topological polar surface area (TPSA) is 42.2 Å². The average Bonchev–Trinajstić information content (AvgIpc) is 2.74. The van der Waals surface area contributed by atoms with Crippen LogP contribution in [-0.2, 0) is 6.42 Å². The lowest BCUT2D eigenvalue weighted by Gasteiger charge is -2.12. The van der Waals surface area contributed by atoms with Crippen LogP contribution in [0.25, 0.3) is 0 Å². The summed E-state index contributed by atoms with van der Waals surface area (Å²) in [5.41, 5.74) is 0.639. The summed E-state index contributed by atoms with van der Waals surface area (Å²) in [6.07, 6.45) is 4.09. The molecule has 0 aliphatic carbocycles. The van der Waals surface area contributed by atoms with E-state index in [0.717, 1.165) is 25.0 Å². The van der Waals surface area contributed by atoms with Crippen LogP contribution in [0.3, 0.4) is 0 Å². The van der Waals surface area contributed by atoms with Gasteiger partial charge in [-0.1, -0.05) is 6.92 Å². The molecule has 1 atom stereocenters. The van der Waals surface area contributed by atoms with E-state index in [4.69, 9.17) is 16.0 Å². The Morgan fingerprint density at radius 2 is 2.38 bits per heavy atom. The van der Waals surface area contributed by atoms with Gasteiger partial charge < -0.3 is 9.73 Å². The van der Waals surface area contributed by atoms with Crippen molar-refractivity contribution in [3.8, 4) is 0 Å². The van der Waals surface area contributed by atoms with E-state index in [1.54, 1.807) is 12.3 Å². The Morgan fingerprint density at radius 3 is 3.00 bits per heavy atom. The third-order valence-electron chi connectivity index (χ3n) is 2.46. The van der Waals surface area contributed by atoms with Crippen molar-refractivity contribution in [2.75, 3.05) is 5.88 Å². The molecule has 90 valence electrons. The molecule has 0 aliphatic rings. The van der Waals surface area contributed by atoms with Gasteiger partial charge in [0.25, 0.3) is 5.91 Å². The van der Waals surface area contributed by atoms with Crippen molar-refractivity contribution in [1.82, 2.24) is 5.32 Å². The minimum Gasteiger partial charge on any atom is -0.469 e. The van der Waals surface area contributed by atoms with E-state index >= 15 is 0 Å². The van der Waals surface area contributed by atoms with E-state index in [2.05, 4.69) is 5.32 Å². The van der Waals surface area contributed by atoms with Crippen LogP contribution in [0, 0.1) is 0 Å². The molecule has 3 nitrogen and oxygen atoms in total. The van der Waals surface area contributed by atoms with Gasteiger partial charge in [0.2, 0.25) is 0 Å².